The van der Waals surface area contributed by atoms with Crippen LogP contribution in [0.3, 0.4) is 0 Å². The Hall–Kier alpha value is -1.14. The van der Waals surface area contributed by atoms with Gasteiger partial charge in [0.1, 0.15) is 12.2 Å². The van der Waals surface area contributed by atoms with Crippen LogP contribution in [0.4, 0.5) is 0 Å². The molecule has 174 valence electrons. The highest BCUT2D eigenvalue weighted by molar-refractivity contribution is 5.85. The van der Waals surface area contributed by atoms with Crippen molar-refractivity contribution in [1.82, 2.24) is 0 Å². The van der Waals surface area contributed by atoms with Gasteiger partial charge in [-0.05, 0) is 61.2 Å². The molecule has 0 spiro atoms. The summed E-state index contributed by atoms with van der Waals surface area (Å²) in [6.07, 6.45) is 1.11. The van der Waals surface area contributed by atoms with E-state index in [9.17, 15) is 19.8 Å². The lowest BCUT2D eigenvalue weighted by atomic mass is 9.75. The first-order valence-electron chi connectivity index (χ1n) is 11.8. The summed E-state index contributed by atoms with van der Waals surface area (Å²) in [5.74, 6) is 0.126. The average molecular weight is 427 g/mol. The van der Waals surface area contributed by atoms with Crippen LogP contribution < -0.4 is 0 Å². The molecule has 0 heterocycles. The van der Waals surface area contributed by atoms with E-state index in [1.54, 1.807) is 0 Å². The van der Waals surface area contributed by atoms with E-state index in [1.807, 2.05) is 0 Å². The lowest BCUT2D eigenvalue weighted by Crippen LogP contribution is -2.47. The SMILES string of the molecule is CC(C)[C@H]1CC[C@@H](C)C[C@H]1OC(=O)[C@@H](O)[C@@H](O)C(=O)O[C@@H]1C[C@@H](C)CC[C@@H]1C(C)C. The van der Waals surface area contributed by atoms with Crippen molar-refractivity contribution in [3.05, 3.63) is 0 Å². The monoisotopic (exact) mass is 426 g/mol. The first-order chi connectivity index (χ1) is 14.0. The molecule has 0 saturated heterocycles. The Morgan fingerprint density at radius 1 is 0.700 bits per heavy atom. The zero-order valence-electron chi connectivity index (χ0n) is 19.5. The lowest BCUT2D eigenvalue weighted by Gasteiger charge is -2.38. The Morgan fingerprint density at radius 2 is 1.03 bits per heavy atom. The summed E-state index contributed by atoms with van der Waals surface area (Å²) in [6, 6.07) is 0. The molecule has 0 bridgehead atoms. The number of rotatable bonds is 7. The highest BCUT2D eigenvalue weighted by Crippen LogP contribution is 2.37. The molecule has 2 rings (SSSR count). The Kier molecular flexibility index (Phi) is 9.16. The molecule has 0 aliphatic heterocycles. The Bertz CT molecular complexity index is 524. The van der Waals surface area contributed by atoms with Gasteiger partial charge in [-0.3, -0.25) is 0 Å². The van der Waals surface area contributed by atoms with Crippen LogP contribution >= 0.6 is 0 Å². The molecule has 8 atom stereocenters. The van der Waals surface area contributed by atoms with Gasteiger partial charge in [0, 0.05) is 0 Å². The second-order valence-corrected chi connectivity index (χ2v) is 10.5. The molecule has 0 aromatic carbocycles. The van der Waals surface area contributed by atoms with E-state index < -0.39 is 24.1 Å². The van der Waals surface area contributed by atoms with Crippen LogP contribution in [-0.2, 0) is 19.1 Å². The molecule has 6 heteroatoms. The minimum Gasteiger partial charge on any atom is -0.460 e. The van der Waals surface area contributed by atoms with Gasteiger partial charge in [-0.25, -0.2) is 9.59 Å². The van der Waals surface area contributed by atoms with Crippen molar-refractivity contribution in [2.24, 2.45) is 35.5 Å². The number of hydrogen-bond donors (Lipinski definition) is 2. The molecule has 0 unspecified atom stereocenters. The van der Waals surface area contributed by atoms with Crippen LogP contribution in [0.5, 0.6) is 0 Å². The van der Waals surface area contributed by atoms with Gasteiger partial charge < -0.3 is 19.7 Å². The molecule has 2 saturated carbocycles. The summed E-state index contributed by atoms with van der Waals surface area (Å²) in [7, 11) is 0. The quantitative estimate of drug-likeness (QED) is 0.603. The molecule has 30 heavy (non-hydrogen) atoms. The van der Waals surface area contributed by atoms with Crippen molar-refractivity contribution >= 4 is 11.9 Å². The topological polar surface area (TPSA) is 93.1 Å². The largest absolute Gasteiger partial charge is 0.460 e. The smallest absolute Gasteiger partial charge is 0.338 e. The third-order valence-electron chi connectivity index (χ3n) is 7.24. The lowest BCUT2D eigenvalue weighted by molar-refractivity contribution is -0.185. The highest BCUT2D eigenvalue weighted by Gasteiger charge is 2.40. The van der Waals surface area contributed by atoms with E-state index >= 15 is 0 Å². The second kappa shape index (κ2) is 10.9. The summed E-state index contributed by atoms with van der Waals surface area (Å²) >= 11 is 0. The van der Waals surface area contributed by atoms with Crippen molar-refractivity contribution in [3.63, 3.8) is 0 Å². The molecule has 0 aromatic heterocycles. The number of carbonyl (C=O) groups excluding carboxylic acids is 2. The summed E-state index contributed by atoms with van der Waals surface area (Å²) in [4.78, 5) is 25.0. The number of hydrogen-bond acceptors (Lipinski definition) is 6. The van der Waals surface area contributed by atoms with E-state index in [1.165, 1.54) is 0 Å². The van der Waals surface area contributed by atoms with Gasteiger partial charge >= 0.3 is 11.9 Å². The summed E-state index contributed by atoms with van der Waals surface area (Å²) in [6.45, 7) is 12.6. The van der Waals surface area contributed by atoms with Crippen molar-refractivity contribution in [3.8, 4) is 0 Å². The fourth-order valence-corrected chi connectivity index (χ4v) is 5.20. The van der Waals surface area contributed by atoms with Crippen molar-refractivity contribution in [2.45, 2.75) is 104 Å². The van der Waals surface area contributed by atoms with Crippen LogP contribution in [0.1, 0.15) is 80.1 Å². The fraction of sp³-hybridized carbons (Fsp3) is 0.917. The molecule has 0 amide bonds. The molecule has 2 N–H and O–H groups in total. The van der Waals surface area contributed by atoms with Gasteiger partial charge in [0.05, 0.1) is 0 Å². The Morgan fingerprint density at radius 3 is 1.33 bits per heavy atom. The molecule has 0 radical (unpaired) electrons. The van der Waals surface area contributed by atoms with Gasteiger partial charge in [-0.15, -0.1) is 0 Å². The third-order valence-corrected chi connectivity index (χ3v) is 7.24. The number of aliphatic hydroxyl groups is 2. The van der Waals surface area contributed by atoms with Gasteiger partial charge in [-0.2, -0.15) is 0 Å². The highest BCUT2D eigenvalue weighted by atomic mass is 16.6. The van der Waals surface area contributed by atoms with Crippen LogP contribution in [0, 0.1) is 35.5 Å². The summed E-state index contributed by atoms with van der Waals surface area (Å²) in [5.41, 5.74) is 0. The molecular formula is C24H42O6. The van der Waals surface area contributed by atoms with Crippen molar-refractivity contribution < 1.29 is 29.3 Å². The maximum atomic E-state index is 12.5. The maximum absolute atomic E-state index is 12.5. The predicted molar refractivity (Wildman–Crippen MR) is 114 cm³/mol. The predicted octanol–water partition coefficient (Wildman–Crippen LogP) is 3.72. The van der Waals surface area contributed by atoms with E-state index in [-0.39, 0.29) is 24.0 Å². The second-order valence-electron chi connectivity index (χ2n) is 10.5. The average Bonchev–Trinajstić information content (AvgIpc) is 2.66. The van der Waals surface area contributed by atoms with Gasteiger partial charge in [0.15, 0.2) is 12.2 Å². The first kappa shape index (κ1) is 25.1. The van der Waals surface area contributed by atoms with Crippen LogP contribution in [0.15, 0.2) is 0 Å². The number of esters is 2. The van der Waals surface area contributed by atoms with Gasteiger partial charge in [-0.1, -0.05) is 54.4 Å². The van der Waals surface area contributed by atoms with Crippen LogP contribution in [-0.4, -0.2) is 46.6 Å². The molecule has 2 aliphatic rings. The molecule has 6 nitrogen and oxygen atoms in total. The Balaban J connectivity index is 1.96. The number of carbonyl (C=O) groups is 2. The molecule has 2 fully saturated rings. The molecule has 0 aromatic rings. The Labute approximate surface area is 181 Å². The van der Waals surface area contributed by atoms with Crippen molar-refractivity contribution in [1.29, 1.82) is 0 Å². The zero-order valence-corrected chi connectivity index (χ0v) is 19.5. The van der Waals surface area contributed by atoms with Crippen LogP contribution in [0.2, 0.25) is 0 Å². The van der Waals surface area contributed by atoms with E-state index in [2.05, 4.69) is 41.5 Å². The summed E-state index contributed by atoms with van der Waals surface area (Å²) < 4.78 is 11.2. The molecular weight excluding hydrogens is 384 g/mol. The summed E-state index contributed by atoms with van der Waals surface area (Å²) in [5, 5.41) is 20.6. The fourth-order valence-electron chi connectivity index (χ4n) is 5.20. The maximum Gasteiger partial charge on any atom is 0.338 e. The van der Waals surface area contributed by atoms with Gasteiger partial charge in [0.25, 0.3) is 0 Å². The van der Waals surface area contributed by atoms with Crippen molar-refractivity contribution in [2.75, 3.05) is 0 Å². The minimum atomic E-state index is -1.93. The van der Waals surface area contributed by atoms with E-state index in [0.29, 0.717) is 23.7 Å². The normalized spacial score (nSPS) is 34.5. The standard InChI is InChI=1S/C24H42O6/c1-13(2)17-9-7-15(5)11-19(17)29-23(27)21(25)22(26)24(28)30-20-12-16(6)8-10-18(20)14(3)4/h13-22,25-26H,7-12H2,1-6H3/t15-,16+,17-,18-,19-,20-,21+,22-/m1/s1. The third kappa shape index (κ3) is 6.43. The number of aliphatic hydroxyl groups excluding tert-OH is 2. The first-order valence-corrected chi connectivity index (χ1v) is 11.8. The minimum absolute atomic E-state index is 0.219. The zero-order chi connectivity index (χ0) is 22.6. The van der Waals surface area contributed by atoms with Crippen LogP contribution in [0.25, 0.3) is 0 Å². The molecule has 2 aliphatic carbocycles. The van der Waals surface area contributed by atoms with E-state index in [4.69, 9.17) is 9.47 Å². The number of ether oxygens (including phenoxy) is 2. The van der Waals surface area contributed by atoms with E-state index in [0.717, 1.165) is 38.5 Å². The van der Waals surface area contributed by atoms with Gasteiger partial charge in [0.2, 0.25) is 0 Å².